The molecule has 1 saturated heterocycles. The second-order valence-corrected chi connectivity index (χ2v) is 9.57. The maximum absolute atomic E-state index is 13.2. The van der Waals surface area contributed by atoms with Gasteiger partial charge in [-0.25, -0.2) is 19.2 Å². The Labute approximate surface area is 252 Å². The molecule has 0 aromatic heterocycles. The van der Waals surface area contributed by atoms with Gasteiger partial charge in [-0.15, -0.1) is 0 Å². The highest BCUT2D eigenvalue weighted by atomic mass is 16.7. The van der Waals surface area contributed by atoms with E-state index in [2.05, 4.69) is 5.16 Å². The second-order valence-electron chi connectivity index (χ2n) is 9.57. The minimum Gasteiger partial charge on any atom is -0.459 e. The van der Waals surface area contributed by atoms with E-state index < -0.39 is 42.2 Å². The normalized spacial score (nSPS) is 18.5. The molecule has 1 fully saturated rings. The topological polar surface area (TPSA) is 127 Å². The number of rotatable bonds is 9. The van der Waals surface area contributed by atoms with Crippen LogP contribution in [0.25, 0.3) is 0 Å². The van der Waals surface area contributed by atoms with Gasteiger partial charge in [-0.05, 0) is 48.5 Å². The van der Waals surface area contributed by atoms with Crippen LogP contribution in [0.5, 0.6) is 0 Å². The summed E-state index contributed by atoms with van der Waals surface area (Å²) in [6, 6.07) is 32.8. The maximum atomic E-state index is 13.2. The summed E-state index contributed by atoms with van der Waals surface area (Å²) >= 11 is 0. The zero-order chi connectivity index (χ0) is 30.7. The van der Waals surface area contributed by atoms with Crippen LogP contribution in [0.1, 0.15) is 41.4 Å². The van der Waals surface area contributed by atoms with Crippen molar-refractivity contribution in [1.29, 1.82) is 0 Å². The monoisotopic (exact) mass is 593 g/mol. The molecule has 3 atom stereocenters. The fourth-order valence-electron chi connectivity index (χ4n) is 4.31. The van der Waals surface area contributed by atoms with Gasteiger partial charge < -0.3 is 23.8 Å². The SMILES string of the molecule is O=C(OCC1OCC(=NOC(=O)c2ccccc2)C(OC(=O)c2ccccc2)C1OC(=O)c1ccccc1)c1ccccc1. The molecular formula is C34H27NO9. The first kappa shape index (κ1) is 29.9. The van der Waals surface area contributed by atoms with Crippen LogP contribution in [0.2, 0.25) is 0 Å². The van der Waals surface area contributed by atoms with Gasteiger partial charge in [0.15, 0.2) is 12.2 Å². The lowest BCUT2D eigenvalue weighted by Gasteiger charge is -2.36. The summed E-state index contributed by atoms with van der Waals surface area (Å²) in [4.78, 5) is 57.0. The number of hydrogen-bond donors (Lipinski definition) is 0. The minimum absolute atomic E-state index is 0.0324. The van der Waals surface area contributed by atoms with Gasteiger partial charge in [0.25, 0.3) is 0 Å². The van der Waals surface area contributed by atoms with Crippen molar-refractivity contribution < 1.29 is 43.0 Å². The van der Waals surface area contributed by atoms with Crippen molar-refractivity contribution in [2.75, 3.05) is 13.2 Å². The fraction of sp³-hybridized carbons (Fsp3) is 0.147. The Balaban J connectivity index is 1.45. The molecule has 222 valence electrons. The molecule has 0 saturated carbocycles. The third-order valence-corrected chi connectivity index (χ3v) is 6.58. The summed E-state index contributed by atoms with van der Waals surface area (Å²) in [5, 5.41) is 3.96. The van der Waals surface area contributed by atoms with Crippen LogP contribution < -0.4 is 0 Å². The van der Waals surface area contributed by atoms with E-state index >= 15 is 0 Å². The molecule has 1 aliphatic heterocycles. The summed E-state index contributed by atoms with van der Waals surface area (Å²) in [5.74, 6) is -2.89. The van der Waals surface area contributed by atoms with Crippen molar-refractivity contribution in [1.82, 2.24) is 0 Å². The molecule has 0 radical (unpaired) electrons. The van der Waals surface area contributed by atoms with Gasteiger partial charge >= 0.3 is 23.9 Å². The predicted molar refractivity (Wildman–Crippen MR) is 157 cm³/mol. The van der Waals surface area contributed by atoms with Gasteiger partial charge in [0.2, 0.25) is 0 Å². The first-order valence-corrected chi connectivity index (χ1v) is 13.7. The van der Waals surface area contributed by atoms with Crippen molar-refractivity contribution in [3.05, 3.63) is 144 Å². The number of esters is 3. The highest BCUT2D eigenvalue weighted by Crippen LogP contribution is 2.24. The van der Waals surface area contributed by atoms with E-state index in [1.54, 1.807) is 121 Å². The van der Waals surface area contributed by atoms with Gasteiger partial charge in [0.1, 0.15) is 18.4 Å². The molecule has 10 nitrogen and oxygen atoms in total. The zero-order valence-corrected chi connectivity index (χ0v) is 23.3. The maximum Gasteiger partial charge on any atom is 0.365 e. The van der Waals surface area contributed by atoms with Crippen LogP contribution in [-0.2, 0) is 23.8 Å². The number of carbonyl (C=O) groups excluding carboxylic acids is 4. The zero-order valence-electron chi connectivity index (χ0n) is 23.3. The summed E-state index contributed by atoms with van der Waals surface area (Å²) in [6.45, 7) is -0.640. The van der Waals surface area contributed by atoms with Gasteiger partial charge in [-0.2, -0.15) is 0 Å². The molecule has 0 N–H and O–H groups in total. The Bertz CT molecular complexity index is 1610. The molecule has 4 aromatic carbocycles. The summed E-state index contributed by atoms with van der Waals surface area (Å²) in [6.07, 6.45) is -3.79. The van der Waals surface area contributed by atoms with Crippen LogP contribution in [0.15, 0.2) is 126 Å². The number of ether oxygens (including phenoxy) is 4. The van der Waals surface area contributed by atoms with Gasteiger partial charge in [0, 0.05) is 0 Å². The largest absolute Gasteiger partial charge is 0.459 e. The number of benzene rings is 4. The second kappa shape index (κ2) is 14.5. The summed E-state index contributed by atoms with van der Waals surface area (Å²) < 4.78 is 23.1. The third-order valence-electron chi connectivity index (χ3n) is 6.58. The number of hydrogen-bond acceptors (Lipinski definition) is 10. The van der Waals surface area contributed by atoms with Gasteiger partial charge in [-0.1, -0.05) is 78.0 Å². The lowest BCUT2D eigenvalue weighted by Crippen LogP contribution is -2.56. The Morgan fingerprint density at radius 3 is 1.52 bits per heavy atom. The molecule has 3 unspecified atom stereocenters. The number of carbonyl (C=O) groups is 4. The fourth-order valence-corrected chi connectivity index (χ4v) is 4.31. The molecule has 0 amide bonds. The first-order chi connectivity index (χ1) is 21.5. The smallest absolute Gasteiger partial charge is 0.365 e. The van der Waals surface area contributed by atoms with E-state index in [1.807, 2.05) is 0 Å². The molecule has 4 aromatic rings. The van der Waals surface area contributed by atoms with E-state index in [4.69, 9.17) is 23.8 Å². The Morgan fingerprint density at radius 2 is 1.02 bits per heavy atom. The Morgan fingerprint density at radius 1 is 0.591 bits per heavy atom. The highest BCUT2D eigenvalue weighted by molar-refractivity contribution is 5.97. The van der Waals surface area contributed by atoms with Gasteiger partial charge in [0.05, 0.1) is 28.9 Å². The number of nitrogens with zero attached hydrogens (tertiary/aromatic N) is 1. The molecule has 10 heteroatoms. The molecule has 44 heavy (non-hydrogen) atoms. The van der Waals surface area contributed by atoms with Crippen LogP contribution in [0, 0.1) is 0 Å². The van der Waals surface area contributed by atoms with Crippen molar-refractivity contribution in [2.45, 2.75) is 18.3 Å². The summed E-state index contributed by atoms with van der Waals surface area (Å²) in [7, 11) is 0. The molecule has 0 bridgehead atoms. The van der Waals surface area contributed by atoms with E-state index in [9.17, 15) is 19.2 Å². The van der Waals surface area contributed by atoms with E-state index in [0.717, 1.165) is 0 Å². The standard InChI is InChI=1S/C34H27NO9/c36-31(23-13-5-1-6-14-23)41-22-28-30(43-33(38)25-17-9-3-10-18-25)29(42-32(37)24-15-7-2-8-16-24)27(21-40-28)35-44-34(39)26-19-11-4-12-20-26/h1-20,28-30H,21-22H2. The molecule has 0 aliphatic carbocycles. The summed E-state index contributed by atoms with van der Waals surface area (Å²) in [5.41, 5.74) is 0.961. The van der Waals surface area contributed by atoms with Crippen LogP contribution in [0.4, 0.5) is 0 Å². The van der Waals surface area contributed by atoms with E-state index in [0.29, 0.717) is 5.56 Å². The molecule has 1 aliphatic rings. The first-order valence-electron chi connectivity index (χ1n) is 13.7. The van der Waals surface area contributed by atoms with Crippen molar-refractivity contribution in [3.8, 4) is 0 Å². The Kier molecular flexibility index (Phi) is 9.86. The van der Waals surface area contributed by atoms with Crippen LogP contribution >= 0.6 is 0 Å². The quantitative estimate of drug-likeness (QED) is 0.115. The van der Waals surface area contributed by atoms with Crippen molar-refractivity contribution >= 4 is 29.6 Å². The van der Waals surface area contributed by atoms with E-state index in [1.165, 1.54) is 0 Å². The molecule has 0 spiro atoms. The van der Waals surface area contributed by atoms with E-state index in [-0.39, 0.29) is 35.6 Å². The molecule has 5 rings (SSSR count). The predicted octanol–water partition coefficient (Wildman–Crippen LogP) is 4.91. The van der Waals surface area contributed by atoms with Crippen LogP contribution in [-0.4, -0.2) is 61.1 Å². The Hall–Kier alpha value is -5.61. The average Bonchev–Trinajstić information content (AvgIpc) is 3.09. The lowest BCUT2D eigenvalue weighted by atomic mass is 10.00. The molecular weight excluding hydrogens is 566 g/mol. The van der Waals surface area contributed by atoms with Crippen molar-refractivity contribution in [2.24, 2.45) is 5.16 Å². The molecule has 1 heterocycles. The van der Waals surface area contributed by atoms with Crippen molar-refractivity contribution in [3.63, 3.8) is 0 Å². The number of oxime groups is 1. The van der Waals surface area contributed by atoms with Crippen LogP contribution in [0.3, 0.4) is 0 Å². The third kappa shape index (κ3) is 7.61. The lowest BCUT2D eigenvalue weighted by molar-refractivity contribution is -0.115. The highest BCUT2D eigenvalue weighted by Gasteiger charge is 2.45. The average molecular weight is 594 g/mol. The van der Waals surface area contributed by atoms with Gasteiger partial charge in [-0.3, -0.25) is 0 Å². The minimum atomic E-state index is -1.37.